The average Bonchev–Trinajstić information content (AvgIpc) is 2.91. The molecule has 0 saturated carbocycles. The molecule has 0 saturated heterocycles. The van der Waals surface area contributed by atoms with Crippen molar-refractivity contribution < 1.29 is 0 Å². The zero-order valence-electron chi connectivity index (χ0n) is 11.2. The van der Waals surface area contributed by atoms with Gasteiger partial charge in [-0.3, -0.25) is 9.67 Å². The van der Waals surface area contributed by atoms with E-state index in [1.54, 1.807) is 17.1 Å². The molecule has 3 rings (SSSR count). The molecule has 6 nitrogen and oxygen atoms in total. The molecule has 0 amide bonds. The molecule has 0 radical (unpaired) electrons. The van der Waals surface area contributed by atoms with Gasteiger partial charge in [-0.15, -0.1) is 0 Å². The standard InChI is InChI=1S/C14H16N6/c1-20-9-10(7-18-20)14-8-17-12-3-2-11(16-5-4-15)6-13(12)19-14/h2-3,6-9,16H,4-5,15H2,1H3. The van der Waals surface area contributed by atoms with Crippen LogP contribution in [0.4, 0.5) is 5.69 Å². The van der Waals surface area contributed by atoms with Gasteiger partial charge in [-0.25, -0.2) is 4.98 Å². The fourth-order valence-electron chi connectivity index (χ4n) is 2.03. The molecule has 6 heteroatoms. The Balaban J connectivity index is 2.00. The number of anilines is 1. The Morgan fingerprint density at radius 2 is 2.15 bits per heavy atom. The predicted molar refractivity (Wildman–Crippen MR) is 79.3 cm³/mol. The van der Waals surface area contributed by atoms with Crippen molar-refractivity contribution in [2.45, 2.75) is 0 Å². The fraction of sp³-hybridized carbons (Fsp3) is 0.214. The van der Waals surface area contributed by atoms with Gasteiger partial charge in [-0.1, -0.05) is 0 Å². The van der Waals surface area contributed by atoms with Crippen LogP contribution in [0, 0.1) is 0 Å². The van der Waals surface area contributed by atoms with Crippen molar-refractivity contribution in [3.05, 3.63) is 36.8 Å². The summed E-state index contributed by atoms with van der Waals surface area (Å²) < 4.78 is 1.75. The van der Waals surface area contributed by atoms with E-state index in [4.69, 9.17) is 5.73 Å². The summed E-state index contributed by atoms with van der Waals surface area (Å²) in [4.78, 5) is 9.08. The Labute approximate surface area is 116 Å². The van der Waals surface area contributed by atoms with Crippen LogP contribution in [0.5, 0.6) is 0 Å². The van der Waals surface area contributed by atoms with E-state index in [1.807, 2.05) is 31.4 Å². The van der Waals surface area contributed by atoms with E-state index >= 15 is 0 Å². The predicted octanol–water partition coefficient (Wildman–Crippen LogP) is 1.40. The van der Waals surface area contributed by atoms with Crippen LogP contribution in [0.25, 0.3) is 22.3 Å². The van der Waals surface area contributed by atoms with Crippen LogP contribution in [0.2, 0.25) is 0 Å². The summed E-state index contributed by atoms with van der Waals surface area (Å²) in [6.45, 7) is 1.33. The van der Waals surface area contributed by atoms with E-state index in [2.05, 4.69) is 20.4 Å². The lowest BCUT2D eigenvalue weighted by Gasteiger charge is -2.06. The number of nitrogens with two attached hydrogens (primary N) is 1. The first-order valence-electron chi connectivity index (χ1n) is 6.46. The number of hydrogen-bond donors (Lipinski definition) is 2. The summed E-state index contributed by atoms with van der Waals surface area (Å²) in [5.41, 5.74) is 10.00. The van der Waals surface area contributed by atoms with Crippen molar-refractivity contribution in [1.29, 1.82) is 0 Å². The minimum atomic E-state index is 0.597. The van der Waals surface area contributed by atoms with Crippen molar-refractivity contribution in [2.24, 2.45) is 12.8 Å². The normalized spacial score (nSPS) is 10.9. The third kappa shape index (κ3) is 2.46. The summed E-state index contributed by atoms with van der Waals surface area (Å²) in [6, 6.07) is 5.92. The van der Waals surface area contributed by atoms with Gasteiger partial charge in [0.1, 0.15) is 0 Å². The SMILES string of the molecule is Cn1cc(-c2cnc3ccc(NCCN)cc3n2)cn1. The van der Waals surface area contributed by atoms with Crippen LogP contribution in [-0.4, -0.2) is 32.8 Å². The maximum absolute atomic E-state index is 5.49. The number of benzene rings is 1. The van der Waals surface area contributed by atoms with E-state index in [9.17, 15) is 0 Å². The van der Waals surface area contributed by atoms with E-state index in [0.717, 1.165) is 34.5 Å². The molecular weight excluding hydrogens is 252 g/mol. The number of fused-ring (bicyclic) bond motifs is 1. The number of rotatable bonds is 4. The molecule has 2 heterocycles. The van der Waals surface area contributed by atoms with Crippen LogP contribution < -0.4 is 11.1 Å². The van der Waals surface area contributed by atoms with Crippen LogP contribution >= 0.6 is 0 Å². The monoisotopic (exact) mass is 268 g/mol. The summed E-state index contributed by atoms with van der Waals surface area (Å²) in [7, 11) is 1.88. The molecule has 0 spiro atoms. The van der Waals surface area contributed by atoms with Gasteiger partial charge in [0, 0.05) is 37.6 Å². The first kappa shape index (κ1) is 12.6. The molecule has 0 fully saturated rings. The van der Waals surface area contributed by atoms with E-state index < -0.39 is 0 Å². The Hall–Kier alpha value is -2.47. The zero-order chi connectivity index (χ0) is 13.9. The molecule has 0 bridgehead atoms. The van der Waals surface area contributed by atoms with Crippen molar-refractivity contribution in [2.75, 3.05) is 18.4 Å². The van der Waals surface area contributed by atoms with Gasteiger partial charge in [-0.05, 0) is 18.2 Å². The number of nitrogens with one attached hydrogen (secondary N) is 1. The van der Waals surface area contributed by atoms with Crippen molar-refractivity contribution in [3.8, 4) is 11.3 Å². The van der Waals surface area contributed by atoms with E-state index in [-0.39, 0.29) is 0 Å². The first-order valence-corrected chi connectivity index (χ1v) is 6.46. The topological polar surface area (TPSA) is 81.7 Å². The van der Waals surface area contributed by atoms with Gasteiger partial charge in [0.15, 0.2) is 0 Å². The van der Waals surface area contributed by atoms with Crippen LogP contribution in [-0.2, 0) is 7.05 Å². The minimum absolute atomic E-state index is 0.597. The van der Waals surface area contributed by atoms with E-state index in [1.165, 1.54) is 0 Å². The maximum atomic E-state index is 5.49. The summed E-state index contributed by atoms with van der Waals surface area (Å²) >= 11 is 0. The molecule has 3 N–H and O–H groups in total. The second kappa shape index (κ2) is 5.26. The number of aromatic nitrogens is 4. The molecule has 0 atom stereocenters. The highest BCUT2D eigenvalue weighted by molar-refractivity contribution is 5.80. The maximum Gasteiger partial charge on any atom is 0.0924 e. The number of hydrogen-bond acceptors (Lipinski definition) is 5. The highest BCUT2D eigenvalue weighted by Crippen LogP contribution is 2.20. The third-order valence-corrected chi connectivity index (χ3v) is 3.02. The Bertz CT molecular complexity index is 733. The second-order valence-corrected chi connectivity index (χ2v) is 4.58. The van der Waals surface area contributed by atoms with Crippen molar-refractivity contribution >= 4 is 16.7 Å². The molecule has 1 aromatic carbocycles. The highest BCUT2D eigenvalue weighted by atomic mass is 15.2. The Morgan fingerprint density at radius 1 is 1.25 bits per heavy atom. The van der Waals surface area contributed by atoms with Gasteiger partial charge in [0.25, 0.3) is 0 Å². The third-order valence-electron chi connectivity index (χ3n) is 3.02. The smallest absolute Gasteiger partial charge is 0.0924 e. The van der Waals surface area contributed by atoms with Gasteiger partial charge in [0.05, 0.1) is 29.1 Å². The van der Waals surface area contributed by atoms with Crippen LogP contribution in [0.15, 0.2) is 36.8 Å². The summed E-state index contributed by atoms with van der Waals surface area (Å²) in [6.07, 6.45) is 5.48. The highest BCUT2D eigenvalue weighted by Gasteiger charge is 2.05. The quantitative estimate of drug-likeness (QED) is 0.747. The zero-order valence-corrected chi connectivity index (χ0v) is 11.2. The first-order chi connectivity index (χ1) is 9.76. The van der Waals surface area contributed by atoms with Gasteiger partial charge >= 0.3 is 0 Å². The van der Waals surface area contributed by atoms with Crippen LogP contribution in [0.1, 0.15) is 0 Å². The Morgan fingerprint density at radius 3 is 2.90 bits per heavy atom. The average molecular weight is 268 g/mol. The molecule has 0 unspecified atom stereocenters. The number of aryl methyl sites for hydroxylation is 1. The van der Waals surface area contributed by atoms with Gasteiger partial charge in [-0.2, -0.15) is 5.10 Å². The molecule has 20 heavy (non-hydrogen) atoms. The molecule has 0 aliphatic rings. The Kier molecular flexibility index (Phi) is 3.30. The van der Waals surface area contributed by atoms with Crippen molar-refractivity contribution in [3.63, 3.8) is 0 Å². The minimum Gasteiger partial charge on any atom is -0.384 e. The number of nitrogens with zero attached hydrogens (tertiary/aromatic N) is 4. The summed E-state index contributed by atoms with van der Waals surface area (Å²) in [5, 5.41) is 7.39. The largest absolute Gasteiger partial charge is 0.384 e. The molecule has 102 valence electrons. The summed E-state index contributed by atoms with van der Waals surface area (Å²) in [5.74, 6) is 0. The van der Waals surface area contributed by atoms with Crippen molar-refractivity contribution in [1.82, 2.24) is 19.7 Å². The fourth-order valence-corrected chi connectivity index (χ4v) is 2.03. The molecule has 0 aliphatic heterocycles. The molecule has 0 aliphatic carbocycles. The molecular formula is C14H16N6. The van der Waals surface area contributed by atoms with Gasteiger partial charge < -0.3 is 11.1 Å². The molecule has 3 aromatic rings. The van der Waals surface area contributed by atoms with Crippen LogP contribution in [0.3, 0.4) is 0 Å². The lowest BCUT2D eigenvalue weighted by Crippen LogP contribution is -2.12. The lowest BCUT2D eigenvalue weighted by atomic mass is 10.2. The second-order valence-electron chi connectivity index (χ2n) is 4.58. The molecule has 2 aromatic heterocycles. The lowest BCUT2D eigenvalue weighted by molar-refractivity contribution is 0.768. The van der Waals surface area contributed by atoms with E-state index in [0.29, 0.717) is 6.54 Å². The van der Waals surface area contributed by atoms with Gasteiger partial charge in [0.2, 0.25) is 0 Å².